The Labute approximate surface area is 124 Å². The first-order valence-corrected chi connectivity index (χ1v) is 7.33. The van der Waals surface area contributed by atoms with E-state index in [9.17, 15) is 9.18 Å². The highest BCUT2D eigenvalue weighted by molar-refractivity contribution is 5.71. The number of hydrogen-bond acceptors (Lipinski definition) is 4. The number of esters is 1. The first kappa shape index (κ1) is 15.9. The predicted molar refractivity (Wildman–Crippen MR) is 77.4 cm³/mol. The van der Waals surface area contributed by atoms with Crippen molar-refractivity contribution >= 4 is 5.97 Å². The second-order valence-electron chi connectivity index (χ2n) is 5.31. The Hall–Kier alpha value is -1.46. The molecule has 1 aliphatic heterocycles. The lowest BCUT2D eigenvalue weighted by Gasteiger charge is -2.35. The van der Waals surface area contributed by atoms with Gasteiger partial charge in [0.2, 0.25) is 0 Å². The van der Waals surface area contributed by atoms with Crippen molar-refractivity contribution < 1.29 is 18.7 Å². The smallest absolute Gasteiger partial charge is 0.320 e. The lowest BCUT2D eigenvalue weighted by Crippen LogP contribution is -2.40. The van der Waals surface area contributed by atoms with Crippen LogP contribution in [-0.4, -0.2) is 43.7 Å². The third kappa shape index (κ3) is 4.51. The molecule has 1 aromatic rings. The number of rotatable bonds is 5. The molecule has 5 heteroatoms. The molecule has 1 heterocycles. The molecule has 0 N–H and O–H groups in total. The maximum Gasteiger partial charge on any atom is 0.320 e. The van der Waals surface area contributed by atoms with E-state index in [0.29, 0.717) is 13.2 Å². The fourth-order valence-electron chi connectivity index (χ4n) is 2.63. The highest BCUT2D eigenvalue weighted by atomic mass is 19.1. The number of nitrogens with zero attached hydrogens (tertiary/aromatic N) is 1. The van der Waals surface area contributed by atoms with Gasteiger partial charge < -0.3 is 9.47 Å². The van der Waals surface area contributed by atoms with E-state index >= 15 is 0 Å². The lowest BCUT2D eigenvalue weighted by molar-refractivity contribution is -0.145. The molecule has 0 aromatic heterocycles. The van der Waals surface area contributed by atoms with Crippen LogP contribution in [0.2, 0.25) is 0 Å². The Balaban J connectivity index is 1.93. The van der Waals surface area contributed by atoms with Gasteiger partial charge >= 0.3 is 5.97 Å². The number of ether oxygens (including phenoxy) is 2. The van der Waals surface area contributed by atoms with E-state index in [1.807, 2.05) is 11.9 Å². The summed E-state index contributed by atoms with van der Waals surface area (Å²) in [5.74, 6) is -0.449. The second-order valence-corrected chi connectivity index (χ2v) is 5.31. The molecule has 0 amide bonds. The molecule has 0 unspecified atom stereocenters. The van der Waals surface area contributed by atoms with Gasteiger partial charge in [0.05, 0.1) is 19.3 Å². The van der Waals surface area contributed by atoms with Crippen LogP contribution in [-0.2, 0) is 14.3 Å². The van der Waals surface area contributed by atoms with E-state index in [4.69, 9.17) is 9.47 Å². The Morgan fingerprint density at radius 1 is 1.43 bits per heavy atom. The fraction of sp³-hybridized carbons (Fsp3) is 0.562. The molecule has 0 radical (unpaired) electrons. The minimum absolute atomic E-state index is 0.0472. The Kier molecular flexibility index (Phi) is 5.70. The van der Waals surface area contributed by atoms with E-state index in [1.54, 1.807) is 19.1 Å². The first-order chi connectivity index (χ1) is 10.1. The van der Waals surface area contributed by atoms with Gasteiger partial charge in [0.25, 0.3) is 0 Å². The van der Waals surface area contributed by atoms with Crippen LogP contribution in [0.5, 0.6) is 0 Å². The van der Waals surface area contributed by atoms with Crippen LogP contribution >= 0.6 is 0 Å². The average molecular weight is 295 g/mol. The van der Waals surface area contributed by atoms with Crippen molar-refractivity contribution in [3.8, 4) is 0 Å². The number of likely N-dealkylation sites (N-methyl/N-ethyl adjacent to an activating group) is 1. The second kappa shape index (κ2) is 7.52. The van der Waals surface area contributed by atoms with Crippen molar-refractivity contribution in [1.29, 1.82) is 0 Å². The number of hydrogen-bond donors (Lipinski definition) is 0. The number of halogens is 1. The molecule has 2 atom stereocenters. The summed E-state index contributed by atoms with van der Waals surface area (Å²) >= 11 is 0. The summed E-state index contributed by atoms with van der Waals surface area (Å²) in [6, 6.07) is 6.68. The number of carbonyl (C=O) groups excluding carboxylic acids is 1. The van der Waals surface area contributed by atoms with Gasteiger partial charge in [0.1, 0.15) is 5.82 Å². The summed E-state index contributed by atoms with van der Waals surface area (Å²) in [6.07, 6.45) is 1.63. The quantitative estimate of drug-likeness (QED) is 0.783. The SMILES string of the molecule is CCOC(=O)CN(C)[C@H]1CCO[C@@H](c2ccc(F)cc2)C1. The van der Waals surface area contributed by atoms with Crippen LogP contribution in [0.4, 0.5) is 4.39 Å². The van der Waals surface area contributed by atoms with Crippen molar-refractivity contribution in [2.24, 2.45) is 0 Å². The van der Waals surface area contributed by atoms with Crippen molar-refractivity contribution in [1.82, 2.24) is 4.90 Å². The van der Waals surface area contributed by atoms with Crippen LogP contribution in [0.3, 0.4) is 0 Å². The topological polar surface area (TPSA) is 38.8 Å². The molecule has 116 valence electrons. The van der Waals surface area contributed by atoms with E-state index in [-0.39, 0.29) is 30.5 Å². The zero-order valence-electron chi connectivity index (χ0n) is 12.5. The summed E-state index contributed by atoms with van der Waals surface area (Å²) in [7, 11) is 1.93. The maximum absolute atomic E-state index is 13.0. The number of carbonyl (C=O) groups is 1. The van der Waals surface area contributed by atoms with Gasteiger partial charge in [-0.2, -0.15) is 0 Å². The third-order valence-corrected chi connectivity index (χ3v) is 3.81. The lowest BCUT2D eigenvalue weighted by atomic mass is 9.96. The third-order valence-electron chi connectivity index (χ3n) is 3.81. The molecule has 1 saturated heterocycles. The molecule has 0 saturated carbocycles. The first-order valence-electron chi connectivity index (χ1n) is 7.33. The standard InChI is InChI=1S/C16H22FNO3/c1-3-20-16(19)11-18(2)14-8-9-21-15(10-14)12-4-6-13(17)7-5-12/h4-7,14-15H,3,8-11H2,1-2H3/t14-,15+/m0/s1. The largest absolute Gasteiger partial charge is 0.465 e. The summed E-state index contributed by atoms with van der Waals surface area (Å²) < 4.78 is 23.7. The molecule has 1 fully saturated rings. The van der Waals surface area contributed by atoms with Crippen molar-refractivity contribution in [2.45, 2.75) is 31.9 Å². The summed E-state index contributed by atoms with van der Waals surface area (Å²) in [6.45, 7) is 3.13. The highest BCUT2D eigenvalue weighted by Gasteiger charge is 2.27. The van der Waals surface area contributed by atoms with Crippen molar-refractivity contribution in [2.75, 3.05) is 26.8 Å². The highest BCUT2D eigenvalue weighted by Crippen LogP contribution is 2.30. The van der Waals surface area contributed by atoms with E-state index in [0.717, 1.165) is 18.4 Å². The van der Waals surface area contributed by atoms with Gasteiger partial charge in [0.15, 0.2) is 0 Å². The molecule has 4 nitrogen and oxygen atoms in total. The van der Waals surface area contributed by atoms with Crippen LogP contribution in [0.15, 0.2) is 24.3 Å². The Bertz CT molecular complexity index is 463. The molecule has 0 aliphatic carbocycles. The Morgan fingerprint density at radius 2 is 2.14 bits per heavy atom. The van der Waals surface area contributed by atoms with Crippen LogP contribution < -0.4 is 0 Å². The van der Waals surface area contributed by atoms with Gasteiger partial charge in [-0.1, -0.05) is 12.1 Å². The minimum atomic E-state index is -0.245. The molecule has 21 heavy (non-hydrogen) atoms. The van der Waals surface area contributed by atoms with Gasteiger partial charge in [-0.15, -0.1) is 0 Å². The summed E-state index contributed by atoms with van der Waals surface area (Å²) in [5, 5.41) is 0. The summed E-state index contributed by atoms with van der Waals surface area (Å²) in [5.41, 5.74) is 0.977. The van der Waals surface area contributed by atoms with Crippen molar-refractivity contribution in [3.05, 3.63) is 35.6 Å². The zero-order chi connectivity index (χ0) is 15.2. The maximum atomic E-state index is 13.0. The van der Waals surface area contributed by atoms with Crippen LogP contribution in [0, 0.1) is 5.82 Å². The number of benzene rings is 1. The molecule has 1 aromatic carbocycles. The Morgan fingerprint density at radius 3 is 2.81 bits per heavy atom. The minimum Gasteiger partial charge on any atom is -0.465 e. The van der Waals surface area contributed by atoms with E-state index in [2.05, 4.69) is 0 Å². The molecule has 1 aliphatic rings. The normalized spacial score (nSPS) is 22.3. The van der Waals surface area contributed by atoms with E-state index < -0.39 is 0 Å². The fourth-order valence-corrected chi connectivity index (χ4v) is 2.63. The van der Waals surface area contributed by atoms with Gasteiger partial charge in [-0.3, -0.25) is 9.69 Å². The molecular weight excluding hydrogens is 273 g/mol. The molecule has 0 spiro atoms. The van der Waals surface area contributed by atoms with Crippen LogP contribution in [0.25, 0.3) is 0 Å². The van der Waals surface area contributed by atoms with E-state index in [1.165, 1.54) is 12.1 Å². The monoisotopic (exact) mass is 295 g/mol. The molecule has 2 rings (SSSR count). The van der Waals surface area contributed by atoms with Crippen molar-refractivity contribution in [3.63, 3.8) is 0 Å². The van der Waals surface area contributed by atoms with Gasteiger partial charge in [0, 0.05) is 12.6 Å². The predicted octanol–water partition coefficient (Wildman–Crippen LogP) is 2.54. The van der Waals surface area contributed by atoms with Crippen LogP contribution in [0.1, 0.15) is 31.4 Å². The zero-order valence-corrected chi connectivity index (χ0v) is 12.5. The van der Waals surface area contributed by atoms with Gasteiger partial charge in [-0.25, -0.2) is 4.39 Å². The summed E-state index contributed by atoms with van der Waals surface area (Å²) in [4.78, 5) is 13.6. The molecular formula is C16H22FNO3. The van der Waals surface area contributed by atoms with Gasteiger partial charge in [-0.05, 0) is 44.5 Å². The average Bonchev–Trinajstić information content (AvgIpc) is 2.48. The molecule has 0 bridgehead atoms.